The fourth-order valence-electron chi connectivity index (χ4n) is 0.995. The summed E-state index contributed by atoms with van der Waals surface area (Å²) >= 11 is 0. The number of allylic oxidation sites excluding steroid dienone is 2. The highest BCUT2D eigenvalue weighted by atomic mass is 19.4. The molecule has 0 aromatic heterocycles. The standard InChI is InChI=1S/C9H2F16/c10-3(11,5(14,15)7(18,19)9(23,24)25)1-2-4(12,13)6(16,17)8(20,21)22/h1-2H. The van der Waals surface area contributed by atoms with Crippen molar-refractivity contribution >= 4 is 0 Å². The summed E-state index contributed by atoms with van der Waals surface area (Å²) in [5.74, 6) is -35.7. The number of alkyl halides is 16. The molecule has 150 valence electrons. The summed E-state index contributed by atoms with van der Waals surface area (Å²) in [6.45, 7) is 0. The van der Waals surface area contributed by atoms with E-state index in [0.29, 0.717) is 0 Å². The zero-order valence-electron chi connectivity index (χ0n) is 10.7. The van der Waals surface area contributed by atoms with Gasteiger partial charge in [-0.25, -0.2) is 0 Å². The first-order valence-corrected chi connectivity index (χ1v) is 5.18. The van der Waals surface area contributed by atoms with Gasteiger partial charge in [0, 0.05) is 0 Å². The number of rotatable bonds is 5. The van der Waals surface area contributed by atoms with Gasteiger partial charge in [-0.1, -0.05) is 0 Å². The number of hydrogen-bond acceptors (Lipinski definition) is 0. The maximum absolute atomic E-state index is 12.8. The Bertz CT molecular complexity index is 503. The Kier molecular flexibility index (Phi) is 5.50. The van der Waals surface area contributed by atoms with E-state index < -0.39 is 54.1 Å². The lowest BCUT2D eigenvalue weighted by Crippen LogP contribution is -2.60. The van der Waals surface area contributed by atoms with E-state index in [9.17, 15) is 70.2 Å². The SMILES string of the molecule is FC(F)(F)C(F)(F)C(F)(F)C=CC(F)(F)C(F)(F)C(F)(F)C(F)(F)F. The van der Waals surface area contributed by atoms with Crippen molar-refractivity contribution in [3.8, 4) is 0 Å². The smallest absolute Gasteiger partial charge is 0.195 e. The molecule has 0 unspecified atom stereocenters. The summed E-state index contributed by atoms with van der Waals surface area (Å²) in [6, 6.07) is 0. The van der Waals surface area contributed by atoms with Crippen LogP contribution in [0.15, 0.2) is 12.2 Å². The van der Waals surface area contributed by atoms with E-state index >= 15 is 0 Å². The predicted molar refractivity (Wildman–Crippen MR) is 46.0 cm³/mol. The lowest BCUT2D eigenvalue weighted by atomic mass is 10.0. The fraction of sp³-hybridized carbons (Fsp3) is 0.778. The molecule has 0 aliphatic heterocycles. The lowest BCUT2D eigenvalue weighted by molar-refractivity contribution is -0.388. The molecule has 0 aliphatic carbocycles. The second-order valence-electron chi connectivity index (χ2n) is 4.30. The van der Waals surface area contributed by atoms with Gasteiger partial charge in [-0.05, 0) is 12.2 Å². The van der Waals surface area contributed by atoms with Crippen molar-refractivity contribution < 1.29 is 70.2 Å². The minimum absolute atomic E-state index is 2.24. The van der Waals surface area contributed by atoms with Crippen LogP contribution in [0.3, 0.4) is 0 Å². The molecule has 0 fully saturated rings. The normalized spacial score (nSPS) is 16.6. The van der Waals surface area contributed by atoms with Crippen LogP contribution in [0.25, 0.3) is 0 Å². The zero-order valence-corrected chi connectivity index (χ0v) is 10.7. The van der Waals surface area contributed by atoms with Gasteiger partial charge in [0.2, 0.25) is 0 Å². The molecule has 0 aromatic rings. The van der Waals surface area contributed by atoms with Gasteiger partial charge in [0.25, 0.3) is 0 Å². The molecule has 0 radical (unpaired) electrons. The lowest BCUT2D eigenvalue weighted by Gasteiger charge is -2.32. The topological polar surface area (TPSA) is 0 Å². The van der Waals surface area contributed by atoms with Crippen LogP contribution in [-0.2, 0) is 0 Å². The van der Waals surface area contributed by atoms with Crippen LogP contribution >= 0.6 is 0 Å². The molecular weight excluding hydrogens is 412 g/mol. The van der Waals surface area contributed by atoms with Gasteiger partial charge in [-0.15, -0.1) is 0 Å². The second-order valence-corrected chi connectivity index (χ2v) is 4.30. The molecule has 0 aromatic carbocycles. The maximum Gasteiger partial charge on any atom is 0.460 e. The van der Waals surface area contributed by atoms with Crippen LogP contribution in [0.1, 0.15) is 0 Å². The van der Waals surface area contributed by atoms with Gasteiger partial charge in [0.05, 0.1) is 0 Å². The molecule has 0 spiro atoms. The summed E-state index contributed by atoms with van der Waals surface area (Å²) in [5.41, 5.74) is 0. The van der Waals surface area contributed by atoms with Crippen molar-refractivity contribution in [3.63, 3.8) is 0 Å². The Morgan fingerprint density at radius 1 is 0.320 bits per heavy atom. The van der Waals surface area contributed by atoms with E-state index in [1.807, 2.05) is 0 Å². The molecule has 0 N–H and O–H groups in total. The Labute approximate surface area is 126 Å². The van der Waals surface area contributed by atoms with Crippen LogP contribution in [0.4, 0.5) is 70.2 Å². The molecule has 0 atom stereocenters. The molecule has 0 amide bonds. The molecule has 0 heterocycles. The van der Waals surface area contributed by atoms with E-state index in [-0.39, 0.29) is 0 Å². The van der Waals surface area contributed by atoms with Gasteiger partial charge in [0.1, 0.15) is 0 Å². The first-order chi connectivity index (χ1) is 10.5. The van der Waals surface area contributed by atoms with Crippen molar-refractivity contribution in [2.45, 2.75) is 42.0 Å². The number of halogens is 16. The molecule has 0 saturated carbocycles. The highest BCUT2D eigenvalue weighted by Gasteiger charge is 2.81. The summed E-state index contributed by atoms with van der Waals surface area (Å²) in [5, 5.41) is 0. The summed E-state index contributed by atoms with van der Waals surface area (Å²) in [4.78, 5) is 0. The van der Waals surface area contributed by atoms with E-state index in [4.69, 9.17) is 0 Å². The quantitative estimate of drug-likeness (QED) is 0.392. The average Bonchev–Trinajstić information content (AvgIpc) is 2.33. The average molecular weight is 414 g/mol. The Morgan fingerprint density at radius 2 is 0.560 bits per heavy atom. The molecule has 0 bridgehead atoms. The van der Waals surface area contributed by atoms with Crippen molar-refractivity contribution in [1.82, 2.24) is 0 Å². The highest BCUT2D eigenvalue weighted by molar-refractivity contribution is 5.15. The van der Waals surface area contributed by atoms with Crippen molar-refractivity contribution in [2.75, 3.05) is 0 Å². The van der Waals surface area contributed by atoms with Gasteiger partial charge < -0.3 is 0 Å². The Morgan fingerprint density at radius 3 is 0.800 bits per heavy atom. The number of hydrogen-bond donors (Lipinski definition) is 0. The Hall–Kier alpha value is -1.38. The fourth-order valence-corrected chi connectivity index (χ4v) is 0.995. The van der Waals surface area contributed by atoms with Gasteiger partial charge >= 0.3 is 42.0 Å². The van der Waals surface area contributed by atoms with Crippen LogP contribution in [-0.4, -0.2) is 42.0 Å². The molecule has 0 aliphatic rings. The zero-order chi connectivity index (χ0) is 20.9. The van der Waals surface area contributed by atoms with Crippen LogP contribution in [0.5, 0.6) is 0 Å². The largest absolute Gasteiger partial charge is 0.460 e. The van der Waals surface area contributed by atoms with Gasteiger partial charge in [-0.3, -0.25) is 0 Å². The summed E-state index contributed by atoms with van der Waals surface area (Å²) in [7, 11) is 0. The summed E-state index contributed by atoms with van der Waals surface area (Å²) in [6.07, 6.45) is -18.9. The van der Waals surface area contributed by atoms with Crippen molar-refractivity contribution in [2.24, 2.45) is 0 Å². The van der Waals surface area contributed by atoms with Crippen molar-refractivity contribution in [3.05, 3.63) is 12.2 Å². The predicted octanol–water partition coefficient (Wildman–Crippen LogP) is 5.84. The van der Waals surface area contributed by atoms with E-state index in [1.165, 1.54) is 0 Å². The molecule has 0 rings (SSSR count). The second kappa shape index (κ2) is 5.82. The molecular formula is C9H2F16. The minimum Gasteiger partial charge on any atom is -0.195 e. The molecule has 0 nitrogen and oxygen atoms in total. The van der Waals surface area contributed by atoms with Crippen LogP contribution in [0.2, 0.25) is 0 Å². The van der Waals surface area contributed by atoms with Gasteiger partial charge in [-0.2, -0.15) is 70.2 Å². The van der Waals surface area contributed by atoms with E-state index in [2.05, 4.69) is 0 Å². The Balaban J connectivity index is 5.97. The van der Waals surface area contributed by atoms with Crippen molar-refractivity contribution in [1.29, 1.82) is 0 Å². The third-order valence-corrected chi connectivity index (χ3v) is 2.45. The third kappa shape index (κ3) is 3.75. The minimum atomic E-state index is -7.53. The molecule has 25 heavy (non-hydrogen) atoms. The molecule has 16 heteroatoms. The van der Waals surface area contributed by atoms with Crippen LogP contribution in [0, 0.1) is 0 Å². The van der Waals surface area contributed by atoms with Gasteiger partial charge in [0.15, 0.2) is 0 Å². The molecule has 0 saturated heterocycles. The first-order valence-electron chi connectivity index (χ1n) is 5.18. The monoisotopic (exact) mass is 414 g/mol. The first kappa shape index (κ1) is 23.6. The summed E-state index contributed by atoms with van der Waals surface area (Å²) < 4.78 is 195. The van der Waals surface area contributed by atoms with E-state index in [0.717, 1.165) is 0 Å². The maximum atomic E-state index is 12.8. The highest BCUT2D eigenvalue weighted by Crippen LogP contribution is 2.54. The van der Waals surface area contributed by atoms with E-state index in [1.54, 1.807) is 0 Å². The third-order valence-electron chi connectivity index (χ3n) is 2.45. The van der Waals surface area contributed by atoms with Crippen LogP contribution < -0.4 is 0 Å².